The predicted octanol–water partition coefficient (Wildman–Crippen LogP) is 4.71. The summed E-state index contributed by atoms with van der Waals surface area (Å²) < 4.78 is 10.8. The second kappa shape index (κ2) is 10.4. The van der Waals surface area contributed by atoms with Gasteiger partial charge in [-0.2, -0.15) is 5.10 Å². The molecule has 158 valence electrons. The lowest BCUT2D eigenvalue weighted by Crippen LogP contribution is -2.24. The average Bonchev–Trinajstić information content (AvgIpc) is 2.75. The van der Waals surface area contributed by atoms with Gasteiger partial charge < -0.3 is 9.47 Å². The number of carbonyl (C=O) groups is 2. The van der Waals surface area contributed by atoms with Crippen LogP contribution in [0.1, 0.15) is 27.0 Å². The molecule has 0 bridgehead atoms. The third-order valence-electron chi connectivity index (χ3n) is 4.26. The van der Waals surface area contributed by atoms with Gasteiger partial charge in [0.2, 0.25) is 0 Å². The molecule has 0 unspecified atom stereocenters. The maximum Gasteiger partial charge on any atom is 0.343 e. The number of nitrogens with zero attached hydrogens (tertiary/aromatic N) is 1. The van der Waals surface area contributed by atoms with E-state index in [1.807, 2.05) is 32.0 Å². The molecule has 0 aliphatic rings. The number of benzene rings is 3. The Morgan fingerprint density at radius 1 is 1.00 bits per heavy atom. The molecular weight excluding hydrogens is 416 g/mol. The molecule has 0 fully saturated rings. The number of hydrazone groups is 1. The van der Waals surface area contributed by atoms with Crippen LogP contribution in [0, 0.1) is 13.8 Å². The minimum Gasteiger partial charge on any atom is -0.483 e. The maximum atomic E-state index is 12.1. The van der Waals surface area contributed by atoms with Crippen molar-refractivity contribution in [1.29, 1.82) is 0 Å². The maximum absolute atomic E-state index is 12.1. The van der Waals surface area contributed by atoms with Crippen molar-refractivity contribution in [3.63, 3.8) is 0 Å². The van der Waals surface area contributed by atoms with Crippen molar-refractivity contribution in [2.75, 3.05) is 6.61 Å². The predicted molar refractivity (Wildman–Crippen MR) is 120 cm³/mol. The van der Waals surface area contributed by atoms with E-state index in [0.717, 1.165) is 16.7 Å². The summed E-state index contributed by atoms with van der Waals surface area (Å²) in [5.74, 6) is 0.204. The number of ether oxygens (including phenoxy) is 2. The van der Waals surface area contributed by atoms with E-state index >= 15 is 0 Å². The van der Waals surface area contributed by atoms with Gasteiger partial charge in [-0.25, -0.2) is 10.2 Å². The van der Waals surface area contributed by atoms with Crippen molar-refractivity contribution in [2.45, 2.75) is 13.8 Å². The van der Waals surface area contributed by atoms with Gasteiger partial charge in [0, 0.05) is 5.02 Å². The standard InChI is InChI=1S/C24H21ClN2O4/c1-16-3-12-22(17(2)13-16)30-15-23(28)27-26-14-18-4-10-21(11-5-18)31-24(29)19-6-8-20(25)9-7-19/h3-14H,15H2,1-2H3,(H,27,28). The number of nitrogens with one attached hydrogen (secondary N) is 1. The Bertz CT molecular complexity index is 1090. The Labute approximate surface area is 185 Å². The van der Waals surface area contributed by atoms with Crippen molar-refractivity contribution in [3.05, 3.63) is 94.0 Å². The number of halogens is 1. The van der Waals surface area contributed by atoms with Crippen LogP contribution >= 0.6 is 11.6 Å². The molecule has 0 radical (unpaired) electrons. The summed E-state index contributed by atoms with van der Waals surface area (Å²) in [6.07, 6.45) is 1.49. The molecule has 3 aromatic carbocycles. The highest BCUT2D eigenvalue weighted by molar-refractivity contribution is 6.30. The smallest absolute Gasteiger partial charge is 0.343 e. The molecule has 0 aliphatic carbocycles. The molecule has 0 saturated heterocycles. The van der Waals surface area contributed by atoms with E-state index in [2.05, 4.69) is 10.5 Å². The van der Waals surface area contributed by atoms with E-state index < -0.39 is 5.97 Å². The Kier molecular flexibility index (Phi) is 7.40. The topological polar surface area (TPSA) is 77.0 Å². The lowest BCUT2D eigenvalue weighted by Gasteiger charge is -2.08. The minimum atomic E-state index is -0.478. The van der Waals surface area contributed by atoms with Crippen molar-refractivity contribution >= 4 is 29.7 Å². The monoisotopic (exact) mass is 436 g/mol. The molecule has 31 heavy (non-hydrogen) atoms. The summed E-state index contributed by atoms with van der Waals surface area (Å²) >= 11 is 5.81. The fourth-order valence-corrected chi connectivity index (χ4v) is 2.82. The first-order valence-electron chi connectivity index (χ1n) is 9.50. The van der Waals surface area contributed by atoms with Crippen molar-refractivity contribution in [1.82, 2.24) is 5.43 Å². The second-order valence-electron chi connectivity index (χ2n) is 6.82. The summed E-state index contributed by atoms with van der Waals surface area (Å²) in [4.78, 5) is 24.0. The Balaban J connectivity index is 1.47. The zero-order valence-corrected chi connectivity index (χ0v) is 17.8. The van der Waals surface area contributed by atoms with Crippen LogP contribution in [-0.4, -0.2) is 24.7 Å². The van der Waals surface area contributed by atoms with Gasteiger partial charge in [-0.15, -0.1) is 0 Å². The largest absolute Gasteiger partial charge is 0.483 e. The second-order valence-corrected chi connectivity index (χ2v) is 7.25. The number of hydrogen-bond donors (Lipinski definition) is 1. The Hall–Kier alpha value is -3.64. The van der Waals surface area contributed by atoms with Gasteiger partial charge in [-0.05, 0) is 79.6 Å². The molecule has 0 saturated carbocycles. The molecule has 0 aromatic heterocycles. The Morgan fingerprint density at radius 3 is 2.39 bits per heavy atom. The van der Waals surface area contributed by atoms with Crippen molar-refractivity contribution < 1.29 is 19.1 Å². The summed E-state index contributed by atoms with van der Waals surface area (Å²) in [5, 5.41) is 4.46. The molecule has 7 heteroatoms. The summed E-state index contributed by atoms with van der Waals surface area (Å²) in [7, 11) is 0. The molecule has 3 aromatic rings. The van der Waals surface area contributed by atoms with E-state index in [9.17, 15) is 9.59 Å². The van der Waals surface area contributed by atoms with Crippen LogP contribution in [0.5, 0.6) is 11.5 Å². The molecule has 0 spiro atoms. The van der Waals surface area contributed by atoms with E-state index in [0.29, 0.717) is 22.1 Å². The molecule has 0 heterocycles. The van der Waals surface area contributed by atoms with Crippen LogP contribution in [0.2, 0.25) is 5.02 Å². The Morgan fingerprint density at radius 2 is 1.71 bits per heavy atom. The van der Waals surface area contributed by atoms with Gasteiger partial charge in [0.1, 0.15) is 11.5 Å². The zero-order chi connectivity index (χ0) is 22.2. The van der Waals surface area contributed by atoms with E-state index in [4.69, 9.17) is 21.1 Å². The fourth-order valence-electron chi connectivity index (χ4n) is 2.69. The normalized spacial score (nSPS) is 10.7. The van der Waals surface area contributed by atoms with Crippen molar-refractivity contribution in [3.8, 4) is 11.5 Å². The quantitative estimate of drug-likeness (QED) is 0.252. The van der Waals surface area contributed by atoms with Crippen molar-refractivity contribution in [2.24, 2.45) is 5.10 Å². The summed E-state index contributed by atoms with van der Waals surface area (Å²) in [5.41, 5.74) is 5.64. The van der Waals surface area contributed by atoms with Gasteiger partial charge in [0.05, 0.1) is 11.8 Å². The highest BCUT2D eigenvalue weighted by Crippen LogP contribution is 2.18. The number of hydrogen-bond acceptors (Lipinski definition) is 5. The van der Waals surface area contributed by atoms with Gasteiger partial charge in [0.25, 0.3) is 5.91 Å². The number of amides is 1. The molecule has 0 aliphatic heterocycles. The van der Waals surface area contributed by atoms with Crippen LogP contribution in [0.25, 0.3) is 0 Å². The SMILES string of the molecule is Cc1ccc(OCC(=O)NN=Cc2ccc(OC(=O)c3ccc(Cl)cc3)cc2)c(C)c1. The number of carbonyl (C=O) groups excluding carboxylic acids is 2. The molecule has 1 amide bonds. The van der Waals surface area contributed by atoms with Gasteiger partial charge >= 0.3 is 5.97 Å². The first-order chi connectivity index (χ1) is 14.9. The zero-order valence-electron chi connectivity index (χ0n) is 17.1. The van der Waals surface area contributed by atoms with Crippen LogP contribution in [0.15, 0.2) is 71.8 Å². The van der Waals surface area contributed by atoms with Crippen LogP contribution in [0.4, 0.5) is 0 Å². The first-order valence-corrected chi connectivity index (χ1v) is 9.88. The highest BCUT2D eigenvalue weighted by Gasteiger charge is 2.08. The fraction of sp³-hybridized carbons (Fsp3) is 0.125. The summed E-state index contributed by atoms with van der Waals surface area (Å²) in [6, 6.07) is 18.9. The van der Waals surface area contributed by atoms with E-state index in [1.54, 1.807) is 48.5 Å². The molecule has 3 rings (SSSR count). The van der Waals surface area contributed by atoms with Crippen LogP contribution < -0.4 is 14.9 Å². The van der Waals surface area contributed by atoms with Gasteiger partial charge in [-0.1, -0.05) is 29.3 Å². The highest BCUT2D eigenvalue weighted by atomic mass is 35.5. The first kappa shape index (κ1) is 22.1. The molecule has 0 atom stereocenters. The van der Waals surface area contributed by atoms with Crippen LogP contribution in [-0.2, 0) is 4.79 Å². The summed E-state index contributed by atoms with van der Waals surface area (Å²) in [6.45, 7) is 3.78. The van der Waals surface area contributed by atoms with Crippen LogP contribution in [0.3, 0.4) is 0 Å². The number of aryl methyl sites for hydroxylation is 2. The number of rotatable bonds is 7. The molecular formula is C24H21ClN2O4. The van der Waals surface area contributed by atoms with Gasteiger partial charge in [-0.3, -0.25) is 4.79 Å². The van der Waals surface area contributed by atoms with Gasteiger partial charge in [0.15, 0.2) is 6.61 Å². The third-order valence-corrected chi connectivity index (χ3v) is 4.51. The lowest BCUT2D eigenvalue weighted by atomic mass is 10.1. The molecule has 1 N–H and O–H groups in total. The minimum absolute atomic E-state index is 0.138. The lowest BCUT2D eigenvalue weighted by molar-refractivity contribution is -0.123. The number of esters is 1. The third kappa shape index (κ3) is 6.69. The molecule has 6 nitrogen and oxygen atoms in total. The average molecular weight is 437 g/mol. The van der Waals surface area contributed by atoms with E-state index in [1.165, 1.54) is 6.21 Å². The van der Waals surface area contributed by atoms with E-state index in [-0.39, 0.29) is 12.5 Å².